The fourth-order valence-electron chi connectivity index (χ4n) is 4.51. The van der Waals surface area contributed by atoms with E-state index in [1.165, 1.54) is 18.9 Å². The summed E-state index contributed by atoms with van der Waals surface area (Å²) < 4.78 is 19.7. The van der Waals surface area contributed by atoms with E-state index in [0.29, 0.717) is 34.2 Å². The zero-order valence-electron chi connectivity index (χ0n) is 20.7. The summed E-state index contributed by atoms with van der Waals surface area (Å²) in [5.74, 6) is 2.09. The van der Waals surface area contributed by atoms with Gasteiger partial charge in [0.1, 0.15) is 18.2 Å². The molecule has 2 fully saturated rings. The Morgan fingerprint density at radius 2 is 1.49 bits per heavy atom. The minimum Gasteiger partial charge on any atom is -0.489 e. The van der Waals surface area contributed by atoms with Gasteiger partial charge in [0.2, 0.25) is 17.8 Å². The van der Waals surface area contributed by atoms with Crippen LogP contribution in [0.25, 0.3) is 0 Å². The molecule has 10 heteroatoms. The minimum atomic E-state index is -0.382. The Balaban J connectivity index is 1.24. The maximum Gasteiger partial charge on any atom is 0.250 e. The zero-order chi connectivity index (χ0) is 25.5. The van der Waals surface area contributed by atoms with E-state index in [0.717, 1.165) is 57.4 Å². The molecule has 2 aliphatic heterocycles. The van der Waals surface area contributed by atoms with Crippen LogP contribution in [0, 0.1) is 5.82 Å². The van der Waals surface area contributed by atoms with E-state index in [2.05, 4.69) is 30.3 Å². The molecule has 0 unspecified atom stereocenters. The van der Waals surface area contributed by atoms with Crippen molar-refractivity contribution in [2.45, 2.75) is 45.1 Å². The number of rotatable bonds is 8. The smallest absolute Gasteiger partial charge is 0.250 e. The molecule has 0 bridgehead atoms. The maximum atomic E-state index is 13.9. The Hall–Kier alpha value is -3.46. The first-order chi connectivity index (χ1) is 18.2. The molecule has 5 rings (SSSR count). The summed E-state index contributed by atoms with van der Waals surface area (Å²) in [6.45, 7) is 3.90. The third kappa shape index (κ3) is 6.65. The molecular weight excluding hydrogens is 493 g/mol. The van der Waals surface area contributed by atoms with Gasteiger partial charge < -0.3 is 14.5 Å². The van der Waals surface area contributed by atoms with Gasteiger partial charge in [0.05, 0.1) is 11.2 Å². The van der Waals surface area contributed by atoms with Crippen LogP contribution in [0.2, 0.25) is 5.02 Å². The Morgan fingerprint density at radius 1 is 0.865 bits per heavy atom. The van der Waals surface area contributed by atoms with Gasteiger partial charge in [-0.25, -0.2) is 9.82 Å². The van der Waals surface area contributed by atoms with Crippen LogP contribution >= 0.6 is 11.6 Å². The number of ether oxygens (including phenoxy) is 1. The zero-order valence-corrected chi connectivity index (χ0v) is 21.5. The number of hydrazone groups is 1. The number of aromatic nitrogens is 3. The fourth-order valence-corrected chi connectivity index (χ4v) is 4.73. The van der Waals surface area contributed by atoms with Gasteiger partial charge in [0, 0.05) is 31.7 Å². The molecule has 3 aromatic rings. The first kappa shape index (κ1) is 25.2. The van der Waals surface area contributed by atoms with Crippen molar-refractivity contribution in [3.8, 4) is 5.75 Å². The highest BCUT2D eigenvalue weighted by molar-refractivity contribution is 6.31. The maximum absolute atomic E-state index is 13.9. The number of halogens is 2. The normalized spacial score (nSPS) is 16.3. The molecule has 0 radical (unpaired) electrons. The summed E-state index contributed by atoms with van der Waals surface area (Å²) in [6, 6.07) is 11.9. The van der Waals surface area contributed by atoms with E-state index < -0.39 is 0 Å². The van der Waals surface area contributed by atoms with Crippen molar-refractivity contribution >= 4 is 35.7 Å². The molecule has 1 aromatic heterocycles. The van der Waals surface area contributed by atoms with Gasteiger partial charge in [-0.2, -0.15) is 20.1 Å². The molecule has 3 heterocycles. The monoisotopic (exact) mass is 523 g/mol. The largest absolute Gasteiger partial charge is 0.489 e. The van der Waals surface area contributed by atoms with E-state index in [4.69, 9.17) is 21.3 Å². The number of nitrogens with one attached hydrogen (secondary N) is 1. The highest BCUT2D eigenvalue weighted by atomic mass is 35.5. The third-order valence-electron chi connectivity index (χ3n) is 6.59. The Bertz CT molecular complexity index is 1160. The lowest BCUT2D eigenvalue weighted by molar-refractivity contribution is 0.300. The van der Waals surface area contributed by atoms with Crippen LogP contribution in [-0.2, 0) is 6.61 Å². The average molecular weight is 524 g/mol. The van der Waals surface area contributed by atoms with Crippen LogP contribution in [-0.4, -0.2) is 47.3 Å². The van der Waals surface area contributed by atoms with Crippen LogP contribution in [0.1, 0.15) is 49.7 Å². The molecule has 2 aromatic carbocycles. The second-order valence-corrected chi connectivity index (χ2v) is 9.69. The number of hydrogen-bond donors (Lipinski definition) is 1. The summed E-state index contributed by atoms with van der Waals surface area (Å²) in [4.78, 5) is 18.6. The van der Waals surface area contributed by atoms with Crippen molar-refractivity contribution in [1.82, 2.24) is 15.0 Å². The molecule has 0 aliphatic carbocycles. The Kier molecular flexibility index (Phi) is 8.30. The van der Waals surface area contributed by atoms with Crippen molar-refractivity contribution in [1.29, 1.82) is 0 Å². The predicted molar refractivity (Wildman–Crippen MR) is 145 cm³/mol. The van der Waals surface area contributed by atoms with Crippen LogP contribution < -0.4 is 20.0 Å². The molecule has 0 atom stereocenters. The van der Waals surface area contributed by atoms with Crippen molar-refractivity contribution in [3.05, 3.63) is 64.4 Å². The van der Waals surface area contributed by atoms with Gasteiger partial charge in [0.15, 0.2) is 0 Å². The number of benzene rings is 2. The van der Waals surface area contributed by atoms with Gasteiger partial charge in [-0.1, -0.05) is 17.7 Å². The van der Waals surface area contributed by atoms with Crippen LogP contribution in [0.4, 0.5) is 22.2 Å². The molecule has 194 valence electrons. The topological polar surface area (TPSA) is 78.8 Å². The molecule has 2 aliphatic rings. The van der Waals surface area contributed by atoms with Gasteiger partial charge in [-0.3, -0.25) is 0 Å². The van der Waals surface area contributed by atoms with Gasteiger partial charge in [-0.15, -0.1) is 0 Å². The number of anilines is 3. The van der Waals surface area contributed by atoms with Crippen LogP contribution in [0.3, 0.4) is 0 Å². The Labute approximate surface area is 221 Å². The summed E-state index contributed by atoms with van der Waals surface area (Å²) in [5, 5.41) is 4.71. The summed E-state index contributed by atoms with van der Waals surface area (Å²) in [7, 11) is 0. The Morgan fingerprint density at radius 3 is 2.08 bits per heavy atom. The first-order valence-electron chi connectivity index (χ1n) is 12.9. The lowest BCUT2D eigenvalue weighted by atomic mass is 10.1. The standard InChI is InChI=1S/C27H31ClFN7O/c28-23-8-7-9-24(29)22(23)19-37-21-12-10-20(11-13-21)18-30-34-25-31-26(35-14-3-1-4-15-35)33-27(32-25)36-16-5-2-6-17-36/h7-13,18H,1-6,14-17,19H2,(H,31,32,33,34)/b30-18+. The van der Waals surface area contributed by atoms with E-state index >= 15 is 0 Å². The van der Waals surface area contributed by atoms with Crippen molar-refractivity contribution in [2.75, 3.05) is 41.4 Å². The van der Waals surface area contributed by atoms with E-state index in [1.54, 1.807) is 18.3 Å². The second-order valence-electron chi connectivity index (χ2n) is 9.28. The molecule has 37 heavy (non-hydrogen) atoms. The molecular formula is C27H31ClFN7O. The SMILES string of the molecule is Fc1cccc(Cl)c1COc1ccc(/C=N/Nc2nc(N3CCCCC3)nc(N3CCCCC3)n2)cc1. The molecule has 0 amide bonds. The highest BCUT2D eigenvalue weighted by Crippen LogP contribution is 2.23. The molecule has 0 saturated carbocycles. The van der Waals surface area contributed by atoms with Crippen molar-refractivity contribution in [3.63, 3.8) is 0 Å². The number of piperidine rings is 2. The quantitative estimate of drug-likeness (QED) is 0.301. The fraction of sp³-hybridized carbons (Fsp3) is 0.407. The number of nitrogens with zero attached hydrogens (tertiary/aromatic N) is 6. The van der Waals surface area contributed by atoms with Gasteiger partial charge >= 0.3 is 0 Å². The molecule has 0 spiro atoms. The van der Waals surface area contributed by atoms with E-state index in [9.17, 15) is 4.39 Å². The molecule has 8 nitrogen and oxygen atoms in total. The summed E-state index contributed by atoms with van der Waals surface area (Å²) in [5.41, 5.74) is 4.20. The van der Waals surface area contributed by atoms with Gasteiger partial charge in [0.25, 0.3) is 0 Å². The van der Waals surface area contributed by atoms with Crippen LogP contribution in [0.15, 0.2) is 47.6 Å². The minimum absolute atomic E-state index is 0.0541. The van der Waals surface area contributed by atoms with Crippen molar-refractivity contribution < 1.29 is 9.13 Å². The lowest BCUT2D eigenvalue weighted by Crippen LogP contribution is -2.34. The van der Waals surface area contributed by atoms with Crippen LogP contribution in [0.5, 0.6) is 5.75 Å². The van der Waals surface area contributed by atoms with E-state index in [1.807, 2.05) is 24.3 Å². The average Bonchev–Trinajstić information content (AvgIpc) is 2.94. The second kappa shape index (κ2) is 12.2. The molecule has 2 saturated heterocycles. The molecule has 1 N–H and O–H groups in total. The summed E-state index contributed by atoms with van der Waals surface area (Å²) >= 11 is 6.07. The highest BCUT2D eigenvalue weighted by Gasteiger charge is 2.20. The first-order valence-corrected chi connectivity index (χ1v) is 13.2. The number of hydrogen-bond acceptors (Lipinski definition) is 8. The lowest BCUT2D eigenvalue weighted by Gasteiger charge is -2.30. The summed E-state index contributed by atoms with van der Waals surface area (Å²) in [6.07, 6.45) is 8.80. The third-order valence-corrected chi connectivity index (χ3v) is 6.95. The van der Waals surface area contributed by atoms with Crippen molar-refractivity contribution in [2.24, 2.45) is 5.10 Å². The van der Waals surface area contributed by atoms with E-state index in [-0.39, 0.29) is 12.4 Å². The predicted octanol–water partition coefficient (Wildman–Crippen LogP) is 5.67. The van der Waals surface area contributed by atoms with Gasteiger partial charge in [-0.05, 0) is 80.5 Å².